The second-order valence-electron chi connectivity index (χ2n) is 4.59. The van der Waals surface area contributed by atoms with E-state index in [0.717, 1.165) is 44.8 Å². The van der Waals surface area contributed by atoms with Crippen molar-refractivity contribution in [2.24, 2.45) is 0 Å². The molecule has 3 rings (SSSR count). The van der Waals surface area contributed by atoms with E-state index in [4.69, 9.17) is 9.26 Å². The Balaban J connectivity index is 1.60. The predicted molar refractivity (Wildman–Crippen MR) is 71.4 cm³/mol. The van der Waals surface area contributed by atoms with Gasteiger partial charge < -0.3 is 19.7 Å². The van der Waals surface area contributed by atoms with Crippen molar-refractivity contribution in [3.8, 4) is 5.75 Å². The Labute approximate surface area is 110 Å². The Hall–Kier alpha value is -1.79. The van der Waals surface area contributed by atoms with Gasteiger partial charge in [-0.3, -0.25) is 4.90 Å². The fraction of sp³-hybridized carbons (Fsp3) is 0.462. The number of phenols is 1. The topological polar surface area (TPSA) is 70.8 Å². The van der Waals surface area contributed by atoms with E-state index in [1.165, 1.54) is 0 Å². The molecule has 102 valence electrons. The minimum atomic E-state index is 0.215. The molecule has 0 saturated carbocycles. The predicted octanol–water partition coefficient (Wildman–Crippen LogP) is 1.28. The fourth-order valence-corrected chi connectivity index (χ4v) is 2.21. The molecular formula is C13H17N3O3. The van der Waals surface area contributed by atoms with Gasteiger partial charge in [-0.25, -0.2) is 0 Å². The lowest BCUT2D eigenvalue weighted by Crippen LogP contribution is -2.39. The number of nitrogens with one attached hydrogen (secondary N) is 1. The molecule has 0 aliphatic carbocycles. The summed E-state index contributed by atoms with van der Waals surface area (Å²) < 4.78 is 10.5. The van der Waals surface area contributed by atoms with Crippen LogP contribution in [0.4, 0.5) is 5.82 Å². The van der Waals surface area contributed by atoms with E-state index in [2.05, 4.69) is 15.4 Å². The van der Waals surface area contributed by atoms with Crippen LogP contribution in [0.5, 0.6) is 5.75 Å². The van der Waals surface area contributed by atoms with E-state index in [0.29, 0.717) is 11.4 Å². The Morgan fingerprint density at radius 3 is 3.00 bits per heavy atom. The van der Waals surface area contributed by atoms with Crippen LogP contribution in [0.25, 0.3) is 11.0 Å². The quantitative estimate of drug-likeness (QED) is 0.866. The smallest absolute Gasteiger partial charge is 0.177 e. The number of benzene rings is 1. The van der Waals surface area contributed by atoms with Crippen LogP contribution in [0.3, 0.4) is 0 Å². The van der Waals surface area contributed by atoms with Gasteiger partial charge in [0.1, 0.15) is 5.75 Å². The SMILES string of the molecule is Oc1ccc2onc(NCCN3CCOCC3)c2c1. The molecule has 2 heterocycles. The summed E-state index contributed by atoms with van der Waals surface area (Å²) in [5.74, 6) is 0.895. The molecule has 6 heteroatoms. The molecule has 1 aliphatic heterocycles. The average molecular weight is 263 g/mol. The Kier molecular flexibility index (Phi) is 3.52. The Morgan fingerprint density at radius 2 is 2.16 bits per heavy atom. The second kappa shape index (κ2) is 5.46. The van der Waals surface area contributed by atoms with Crippen molar-refractivity contribution in [3.05, 3.63) is 18.2 Å². The van der Waals surface area contributed by atoms with Crippen molar-refractivity contribution < 1.29 is 14.4 Å². The summed E-state index contributed by atoms with van der Waals surface area (Å²) >= 11 is 0. The van der Waals surface area contributed by atoms with Gasteiger partial charge in [0.25, 0.3) is 0 Å². The number of hydrogen-bond donors (Lipinski definition) is 2. The standard InChI is InChI=1S/C13H17N3O3/c17-10-1-2-12-11(9-10)13(15-19-12)14-3-4-16-5-7-18-8-6-16/h1-2,9,17H,3-8H2,(H,14,15). The molecule has 19 heavy (non-hydrogen) atoms. The van der Waals surface area contributed by atoms with Crippen LogP contribution in [0.15, 0.2) is 22.7 Å². The second-order valence-corrected chi connectivity index (χ2v) is 4.59. The van der Waals surface area contributed by atoms with Crippen molar-refractivity contribution in [3.63, 3.8) is 0 Å². The normalized spacial score (nSPS) is 16.8. The van der Waals surface area contributed by atoms with Gasteiger partial charge in [0, 0.05) is 26.2 Å². The van der Waals surface area contributed by atoms with Crippen molar-refractivity contribution >= 4 is 16.8 Å². The van der Waals surface area contributed by atoms with Gasteiger partial charge in [-0.15, -0.1) is 0 Å². The highest BCUT2D eigenvalue weighted by atomic mass is 16.5. The summed E-state index contributed by atoms with van der Waals surface area (Å²) in [6, 6.07) is 4.96. The molecule has 0 atom stereocenters. The van der Waals surface area contributed by atoms with Gasteiger partial charge in [0.05, 0.1) is 18.6 Å². The number of phenolic OH excluding ortho intramolecular Hbond substituents is 1. The minimum absolute atomic E-state index is 0.215. The first kappa shape index (κ1) is 12.3. The lowest BCUT2D eigenvalue weighted by molar-refractivity contribution is 0.0398. The maximum Gasteiger partial charge on any atom is 0.177 e. The van der Waals surface area contributed by atoms with Gasteiger partial charge in [-0.05, 0) is 18.2 Å². The molecule has 2 aromatic rings. The van der Waals surface area contributed by atoms with Gasteiger partial charge in [0.15, 0.2) is 11.4 Å². The van der Waals surface area contributed by atoms with Crippen molar-refractivity contribution in [1.82, 2.24) is 10.1 Å². The number of morpholine rings is 1. The summed E-state index contributed by atoms with van der Waals surface area (Å²) in [5, 5.41) is 17.5. The summed E-state index contributed by atoms with van der Waals surface area (Å²) in [7, 11) is 0. The zero-order chi connectivity index (χ0) is 13.1. The number of ether oxygens (including phenoxy) is 1. The van der Waals surface area contributed by atoms with Crippen LogP contribution in [0.2, 0.25) is 0 Å². The molecule has 1 saturated heterocycles. The first-order chi connectivity index (χ1) is 9.33. The molecule has 2 N–H and O–H groups in total. The number of aromatic nitrogens is 1. The molecule has 0 amide bonds. The monoisotopic (exact) mass is 263 g/mol. The van der Waals surface area contributed by atoms with Gasteiger partial charge >= 0.3 is 0 Å². The van der Waals surface area contributed by atoms with Gasteiger partial charge in [-0.2, -0.15) is 0 Å². The van der Waals surface area contributed by atoms with Crippen molar-refractivity contribution in [1.29, 1.82) is 0 Å². The molecule has 1 aromatic carbocycles. The first-order valence-electron chi connectivity index (χ1n) is 6.45. The third-order valence-corrected chi connectivity index (χ3v) is 3.28. The van der Waals surface area contributed by atoms with E-state index in [-0.39, 0.29) is 5.75 Å². The van der Waals surface area contributed by atoms with E-state index >= 15 is 0 Å². The number of rotatable bonds is 4. The molecule has 0 bridgehead atoms. The number of fused-ring (bicyclic) bond motifs is 1. The van der Waals surface area contributed by atoms with Crippen molar-refractivity contribution in [2.75, 3.05) is 44.7 Å². The zero-order valence-electron chi connectivity index (χ0n) is 10.6. The first-order valence-corrected chi connectivity index (χ1v) is 6.45. The molecule has 1 aromatic heterocycles. The van der Waals surface area contributed by atoms with Crippen LogP contribution in [-0.2, 0) is 4.74 Å². The van der Waals surface area contributed by atoms with E-state index in [9.17, 15) is 5.11 Å². The maximum atomic E-state index is 9.48. The largest absolute Gasteiger partial charge is 0.508 e. The molecule has 0 spiro atoms. The fourth-order valence-electron chi connectivity index (χ4n) is 2.21. The third kappa shape index (κ3) is 2.80. The maximum absolute atomic E-state index is 9.48. The highest BCUT2D eigenvalue weighted by molar-refractivity contribution is 5.89. The summed E-state index contributed by atoms with van der Waals surface area (Å²) in [5.41, 5.74) is 0.673. The van der Waals surface area contributed by atoms with E-state index < -0.39 is 0 Å². The van der Waals surface area contributed by atoms with E-state index in [1.807, 2.05) is 0 Å². The van der Waals surface area contributed by atoms with Gasteiger partial charge in [0.2, 0.25) is 0 Å². The van der Waals surface area contributed by atoms with Crippen LogP contribution in [0.1, 0.15) is 0 Å². The highest BCUT2D eigenvalue weighted by Crippen LogP contribution is 2.26. The average Bonchev–Trinajstić information content (AvgIpc) is 2.83. The molecule has 0 radical (unpaired) electrons. The third-order valence-electron chi connectivity index (χ3n) is 3.28. The molecule has 0 unspecified atom stereocenters. The molecule has 1 aliphatic rings. The lowest BCUT2D eigenvalue weighted by atomic mass is 10.2. The van der Waals surface area contributed by atoms with Gasteiger partial charge in [-0.1, -0.05) is 5.16 Å². The number of hydrogen-bond acceptors (Lipinski definition) is 6. The summed E-state index contributed by atoms with van der Waals surface area (Å²) in [6.07, 6.45) is 0. The number of nitrogens with zero attached hydrogens (tertiary/aromatic N) is 2. The molecular weight excluding hydrogens is 246 g/mol. The van der Waals surface area contributed by atoms with E-state index in [1.54, 1.807) is 18.2 Å². The summed E-state index contributed by atoms with van der Waals surface area (Å²) in [6.45, 7) is 5.29. The van der Waals surface area contributed by atoms with Crippen LogP contribution in [0, 0.1) is 0 Å². The Morgan fingerprint density at radius 1 is 1.32 bits per heavy atom. The molecule has 1 fully saturated rings. The molecule has 6 nitrogen and oxygen atoms in total. The van der Waals surface area contributed by atoms with Crippen LogP contribution >= 0.6 is 0 Å². The van der Waals surface area contributed by atoms with Crippen molar-refractivity contribution in [2.45, 2.75) is 0 Å². The highest BCUT2D eigenvalue weighted by Gasteiger charge is 2.11. The number of aromatic hydroxyl groups is 1. The Bertz CT molecular complexity index is 549. The summed E-state index contributed by atoms with van der Waals surface area (Å²) in [4.78, 5) is 2.34. The van der Waals surface area contributed by atoms with Crippen LogP contribution in [-0.4, -0.2) is 54.6 Å². The lowest BCUT2D eigenvalue weighted by Gasteiger charge is -2.26. The minimum Gasteiger partial charge on any atom is -0.508 e. The number of anilines is 1. The van der Waals surface area contributed by atoms with Crippen LogP contribution < -0.4 is 5.32 Å². The zero-order valence-corrected chi connectivity index (χ0v) is 10.6.